The monoisotopic (exact) mass is 660 g/mol. The van der Waals surface area contributed by atoms with E-state index < -0.39 is 12.1 Å². The second-order valence-corrected chi connectivity index (χ2v) is 14.7. The van der Waals surface area contributed by atoms with Crippen LogP contribution in [0.5, 0.6) is 0 Å². The molecule has 8 nitrogen and oxygen atoms in total. The van der Waals surface area contributed by atoms with Crippen molar-refractivity contribution in [2.24, 2.45) is 23.3 Å². The highest BCUT2D eigenvalue weighted by Crippen LogP contribution is 2.32. The number of nitrogens with zero attached hydrogens (tertiary/aromatic N) is 4. The molecule has 10 heteroatoms. The zero-order valence-corrected chi connectivity index (χ0v) is 29.5. The fourth-order valence-electron chi connectivity index (χ4n) is 5.08. The minimum absolute atomic E-state index is 0.0165. The van der Waals surface area contributed by atoms with Crippen molar-refractivity contribution in [3.63, 3.8) is 0 Å². The molecule has 2 heterocycles. The summed E-state index contributed by atoms with van der Waals surface area (Å²) >= 11 is 3.23. The predicted molar refractivity (Wildman–Crippen MR) is 191 cm³/mol. The van der Waals surface area contributed by atoms with E-state index in [4.69, 9.17) is 11.5 Å². The summed E-state index contributed by atoms with van der Waals surface area (Å²) in [4.78, 5) is 40.9. The summed E-state index contributed by atoms with van der Waals surface area (Å²) in [6.45, 7) is 14.3. The zero-order valence-electron chi connectivity index (χ0n) is 27.9. The number of carbonyl (C=O) groups is 2. The molecule has 0 saturated heterocycles. The van der Waals surface area contributed by atoms with Crippen LogP contribution in [-0.2, 0) is 22.7 Å². The Morgan fingerprint density at radius 1 is 0.630 bits per heavy atom. The van der Waals surface area contributed by atoms with Gasteiger partial charge in [-0.1, -0.05) is 90.1 Å². The predicted octanol–water partition coefficient (Wildman–Crippen LogP) is 7.04. The highest BCUT2D eigenvalue weighted by Gasteiger charge is 2.25. The van der Waals surface area contributed by atoms with Crippen LogP contribution in [0.1, 0.15) is 64.4 Å². The van der Waals surface area contributed by atoms with Gasteiger partial charge in [0, 0.05) is 25.5 Å². The molecule has 0 spiro atoms. The van der Waals surface area contributed by atoms with Crippen molar-refractivity contribution in [3.8, 4) is 32.0 Å². The molecule has 4 aromatic rings. The van der Waals surface area contributed by atoms with Crippen LogP contribution in [0.25, 0.3) is 32.0 Å². The summed E-state index contributed by atoms with van der Waals surface area (Å²) in [6.07, 6.45) is 5.52. The topological polar surface area (TPSA) is 118 Å². The lowest BCUT2D eigenvalue weighted by atomic mass is 10.0. The molecule has 46 heavy (non-hydrogen) atoms. The van der Waals surface area contributed by atoms with Crippen molar-refractivity contribution in [2.75, 3.05) is 13.1 Å². The van der Waals surface area contributed by atoms with E-state index >= 15 is 0 Å². The van der Waals surface area contributed by atoms with Gasteiger partial charge in [-0.05, 0) is 46.9 Å². The van der Waals surface area contributed by atoms with E-state index in [0.29, 0.717) is 26.2 Å². The van der Waals surface area contributed by atoms with Gasteiger partial charge in [0.25, 0.3) is 0 Å². The maximum absolute atomic E-state index is 12.9. The maximum atomic E-state index is 12.9. The van der Waals surface area contributed by atoms with E-state index in [1.807, 2.05) is 49.9 Å². The lowest BCUT2D eigenvalue weighted by Gasteiger charge is -2.26. The quantitative estimate of drug-likeness (QED) is 0.141. The molecule has 0 saturated carbocycles. The Morgan fingerprint density at radius 3 is 1.26 bits per heavy atom. The van der Waals surface area contributed by atoms with Crippen LogP contribution in [0, 0.1) is 11.8 Å². The van der Waals surface area contributed by atoms with Gasteiger partial charge in [0.2, 0.25) is 11.8 Å². The van der Waals surface area contributed by atoms with Crippen molar-refractivity contribution < 1.29 is 9.59 Å². The summed E-state index contributed by atoms with van der Waals surface area (Å²) in [7, 11) is 0. The van der Waals surface area contributed by atoms with E-state index in [2.05, 4.69) is 72.3 Å². The first-order valence-electron chi connectivity index (χ1n) is 16.2. The minimum Gasteiger partial charge on any atom is -0.335 e. The first-order chi connectivity index (χ1) is 22.0. The highest BCUT2D eigenvalue weighted by atomic mass is 32.1. The number of hydrogen-bond donors (Lipinski definition) is 2. The van der Waals surface area contributed by atoms with Gasteiger partial charge < -0.3 is 21.3 Å². The zero-order chi connectivity index (χ0) is 33.4. The Bertz CT molecular complexity index is 1440. The standard InChI is InChI=1S/C36H48N6O2S2/c1-7-17-41(35(43)33(37)23(3)4)21-31-39-19-29(45-31)27-13-9-25(10-14-27)26-11-15-28(16-12-26)30-20-40-32(46-30)22-42(18-8-2)36(44)34(38)24(5)6/h9-16,19-20,23-24,33-34H,7-8,17-18,21-22,37-38H2,1-6H3/t33-,34-/m0/s1. The number of thiazole rings is 2. The Hall–Kier alpha value is -3.44. The molecule has 2 atom stereocenters. The fourth-order valence-corrected chi connectivity index (χ4v) is 6.96. The average molecular weight is 661 g/mol. The third kappa shape index (κ3) is 8.88. The number of nitrogens with two attached hydrogens (primary N) is 2. The number of aromatic nitrogens is 2. The second kappa shape index (κ2) is 16.4. The highest BCUT2D eigenvalue weighted by molar-refractivity contribution is 7.15. The molecule has 246 valence electrons. The van der Waals surface area contributed by atoms with Crippen LogP contribution in [-0.4, -0.2) is 56.8 Å². The molecule has 0 unspecified atom stereocenters. The Labute approximate surface area is 281 Å². The Morgan fingerprint density at radius 2 is 0.957 bits per heavy atom. The Kier molecular flexibility index (Phi) is 12.6. The van der Waals surface area contributed by atoms with Gasteiger partial charge in [0.1, 0.15) is 10.0 Å². The molecule has 4 rings (SSSR count). The van der Waals surface area contributed by atoms with Crippen LogP contribution in [0.4, 0.5) is 0 Å². The lowest BCUT2D eigenvalue weighted by molar-refractivity contribution is -0.135. The Balaban J connectivity index is 1.41. The fraction of sp³-hybridized carbons (Fsp3) is 0.444. The van der Waals surface area contributed by atoms with Crippen molar-refractivity contribution >= 4 is 34.5 Å². The summed E-state index contributed by atoms with van der Waals surface area (Å²) in [5, 5.41) is 1.81. The molecule has 4 N–H and O–H groups in total. The van der Waals surface area contributed by atoms with E-state index in [1.165, 1.54) is 0 Å². The maximum Gasteiger partial charge on any atom is 0.240 e. The largest absolute Gasteiger partial charge is 0.335 e. The molecule has 0 radical (unpaired) electrons. The van der Waals surface area contributed by atoms with Crippen LogP contribution in [0.15, 0.2) is 60.9 Å². The van der Waals surface area contributed by atoms with Gasteiger partial charge >= 0.3 is 0 Å². The molecular formula is C36H48N6O2S2. The van der Waals surface area contributed by atoms with Gasteiger partial charge in [0.15, 0.2) is 0 Å². The van der Waals surface area contributed by atoms with E-state index in [0.717, 1.165) is 54.9 Å². The third-order valence-electron chi connectivity index (χ3n) is 8.05. The number of amides is 2. The van der Waals surface area contributed by atoms with Crippen molar-refractivity contribution in [1.82, 2.24) is 19.8 Å². The SMILES string of the molecule is CCCN(Cc1ncc(-c2ccc(-c3ccc(-c4cnc(CN(CCC)C(=O)[C@@H](N)C(C)C)s4)cc3)cc2)s1)C(=O)[C@@H](N)C(C)C. The van der Waals surface area contributed by atoms with Crippen molar-refractivity contribution in [3.05, 3.63) is 70.9 Å². The summed E-state index contributed by atoms with van der Waals surface area (Å²) in [5.41, 5.74) is 16.8. The van der Waals surface area contributed by atoms with E-state index in [1.54, 1.807) is 22.7 Å². The van der Waals surface area contributed by atoms with Crippen LogP contribution in [0.3, 0.4) is 0 Å². The lowest BCUT2D eigenvalue weighted by Crippen LogP contribution is -2.46. The molecule has 0 aliphatic carbocycles. The molecule has 0 fully saturated rings. The number of carbonyl (C=O) groups excluding carboxylic acids is 2. The second-order valence-electron chi connectivity index (χ2n) is 12.5. The van der Waals surface area contributed by atoms with Gasteiger partial charge in [-0.3, -0.25) is 9.59 Å². The van der Waals surface area contributed by atoms with Gasteiger partial charge in [0.05, 0.1) is 34.9 Å². The van der Waals surface area contributed by atoms with Gasteiger partial charge in [-0.25, -0.2) is 9.97 Å². The molecule has 2 amide bonds. The summed E-state index contributed by atoms with van der Waals surface area (Å²) in [6, 6.07) is 16.0. The van der Waals surface area contributed by atoms with Crippen molar-refractivity contribution in [1.29, 1.82) is 0 Å². The first kappa shape index (κ1) is 35.4. The smallest absolute Gasteiger partial charge is 0.240 e. The number of hydrogen-bond acceptors (Lipinski definition) is 8. The number of benzene rings is 2. The molecular weight excluding hydrogens is 613 g/mol. The molecule has 2 aromatic carbocycles. The van der Waals surface area contributed by atoms with Gasteiger partial charge in [-0.2, -0.15) is 0 Å². The van der Waals surface area contributed by atoms with Crippen LogP contribution < -0.4 is 11.5 Å². The average Bonchev–Trinajstić information content (AvgIpc) is 3.73. The molecule has 0 aliphatic rings. The summed E-state index contributed by atoms with van der Waals surface area (Å²) in [5.74, 6) is 0.149. The molecule has 0 bridgehead atoms. The van der Waals surface area contributed by atoms with Crippen LogP contribution >= 0.6 is 22.7 Å². The van der Waals surface area contributed by atoms with Crippen molar-refractivity contribution in [2.45, 2.75) is 79.6 Å². The summed E-state index contributed by atoms with van der Waals surface area (Å²) < 4.78 is 0. The van der Waals surface area contributed by atoms with E-state index in [-0.39, 0.29) is 23.7 Å². The molecule has 2 aromatic heterocycles. The van der Waals surface area contributed by atoms with Crippen LogP contribution in [0.2, 0.25) is 0 Å². The number of rotatable bonds is 15. The third-order valence-corrected chi connectivity index (χ3v) is 10.1. The first-order valence-corrected chi connectivity index (χ1v) is 17.8. The van der Waals surface area contributed by atoms with Gasteiger partial charge in [-0.15, -0.1) is 22.7 Å². The molecule has 0 aliphatic heterocycles. The van der Waals surface area contributed by atoms with E-state index in [9.17, 15) is 9.59 Å². The normalized spacial score (nSPS) is 12.8. The minimum atomic E-state index is -0.500.